The first-order chi connectivity index (χ1) is 12.5. The van der Waals surface area contributed by atoms with Gasteiger partial charge in [-0.1, -0.05) is 35.9 Å². The van der Waals surface area contributed by atoms with E-state index in [9.17, 15) is 10.2 Å². The highest BCUT2D eigenvalue weighted by Gasteiger charge is 2.34. The Labute approximate surface area is 155 Å². The molecule has 0 aromatic heterocycles. The fraction of sp³-hybridized carbons (Fsp3) is 0.455. The summed E-state index contributed by atoms with van der Waals surface area (Å²) in [4.78, 5) is 2.25. The van der Waals surface area contributed by atoms with Gasteiger partial charge in [0.15, 0.2) is 0 Å². The molecule has 0 saturated carbocycles. The first-order valence-corrected chi connectivity index (χ1v) is 9.49. The lowest BCUT2D eigenvalue weighted by molar-refractivity contribution is -0.0345. The molecule has 1 saturated heterocycles. The van der Waals surface area contributed by atoms with E-state index in [4.69, 9.17) is 4.74 Å². The summed E-state index contributed by atoms with van der Waals surface area (Å²) in [6.45, 7) is 4.97. The molecule has 2 aliphatic rings. The van der Waals surface area contributed by atoms with E-state index in [1.807, 2.05) is 24.3 Å². The number of fused-ring (bicyclic) bond motifs is 1. The minimum atomic E-state index is -0.752. The van der Waals surface area contributed by atoms with Gasteiger partial charge in [-0.15, -0.1) is 0 Å². The summed E-state index contributed by atoms with van der Waals surface area (Å²) in [5, 5.41) is 21.7. The second-order valence-electron chi connectivity index (χ2n) is 7.68. The van der Waals surface area contributed by atoms with Crippen molar-refractivity contribution in [2.45, 2.75) is 37.9 Å². The molecule has 0 unspecified atom stereocenters. The van der Waals surface area contributed by atoms with Crippen LogP contribution in [0.2, 0.25) is 0 Å². The molecule has 2 aromatic rings. The molecule has 2 aliphatic heterocycles. The first-order valence-electron chi connectivity index (χ1n) is 9.49. The van der Waals surface area contributed by atoms with E-state index < -0.39 is 11.7 Å². The monoisotopic (exact) mass is 353 g/mol. The van der Waals surface area contributed by atoms with E-state index in [2.05, 4.69) is 30.0 Å². The average molecular weight is 353 g/mol. The molecule has 0 amide bonds. The summed E-state index contributed by atoms with van der Waals surface area (Å²) in [7, 11) is 0. The number of aliphatic hydroxyl groups excluding tert-OH is 1. The van der Waals surface area contributed by atoms with Gasteiger partial charge in [-0.2, -0.15) is 0 Å². The van der Waals surface area contributed by atoms with Crippen molar-refractivity contribution in [2.75, 3.05) is 26.2 Å². The second-order valence-corrected chi connectivity index (χ2v) is 7.68. The number of nitrogens with zero attached hydrogens (tertiary/aromatic N) is 1. The molecule has 4 heteroatoms. The maximum absolute atomic E-state index is 11.0. The summed E-state index contributed by atoms with van der Waals surface area (Å²) < 4.78 is 5.54. The van der Waals surface area contributed by atoms with Crippen molar-refractivity contribution >= 4 is 0 Å². The van der Waals surface area contributed by atoms with Gasteiger partial charge in [-0.3, -0.25) is 0 Å². The van der Waals surface area contributed by atoms with Gasteiger partial charge < -0.3 is 19.8 Å². The summed E-state index contributed by atoms with van der Waals surface area (Å²) in [6, 6.07) is 14.2. The van der Waals surface area contributed by atoms with Gasteiger partial charge in [-0.05, 0) is 48.6 Å². The van der Waals surface area contributed by atoms with Crippen LogP contribution in [0.25, 0.3) is 0 Å². The summed E-state index contributed by atoms with van der Waals surface area (Å²) in [5.41, 5.74) is 3.58. The summed E-state index contributed by atoms with van der Waals surface area (Å²) >= 11 is 0. The van der Waals surface area contributed by atoms with E-state index in [1.165, 1.54) is 11.1 Å². The molecular weight excluding hydrogens is 326 g/mol. The average Bonchev–Trinajstić information content (AvgIpc) is 3.11. The lowest BCUT2D eigenvalue weighted by Gasteiger charge is -2.39. The minimum Gasteiger partial charge on any atom is -0.493 e. The molecule has 2 N–H and O–H groups in total. The van der Waals surface area contributed by atoms with Crippen molar-refractivity contribution in [3.63, 3.8) is 0 Å². The third-order valence-corrected chi connectivity index (χ3v) is 5.77. The molecule has 1 fully saturated rings. The first kappa shape index (κ1) is 17.5. The Morgan fingerprint density at radius 2 is 1.96 bits per heavy atom. The molecule has 0 bridgehead atoms. The number of rotatable bonds is 4. The Bertz CT molecular complexity index is 781. The van der Waals surface area contributed by atoms with Crippen LogP contribution in [-0.4, -0.2) is 41.4 Å². The smallest absolute Gasteiger partial charge is 0.122 e. The quantitative estimate of drug-likeness (QED) is 0.887. The Morgan fingerprint density at radius 3 is 2.73 bits per heavy atom. The number of hydrogen-bond acceptors (Lipinski definition) is 4. The van der Waals surface area contributed by atoms with Crippen molar-refractivity contribution in [1.29, 1.82) is 0 Å². The van der Waals surface area contributed by atoms with Crippen LogP contribution in [0.4, 0.5) is 0 Å². The number of ether oxygens (including phenoxy) is 1. The van der Waals surface area contributed by atoms with E-state index >= 15 is 0 Å². The van der Waals surface area contributed by atoms with Crippen LogP contribution < -0.4 is 4.74 Å². The molecule has 1 atom stereocenters. The predicted molar refractivity (Wildman–Crippen MR) is 101 cm³/mol. The molecule has 2 heterocycles. The SMILES string of the molecule is Cc1cccc(C2(O)CCN(C[C@H](O)c3ccc4c(c3)CCO4)CC2)c1. The molecule has 138 valence electrons. The van der Waals surface area contributed by atoms with E-state index in [0.29, 0.717) is 19.4 Å². The fourth-order valence-electron chi connectivity index (χ4n) is 4.09. The molecule has 0 radical (unpaired) electrons. The highest BCUT2D eigenvalue weighted by Crippen LogP contribution is 2.34. The number of β-amino-alcohol motifs (C(OH)–C–C–N with tert-alkyl or cyclic N) is 1. The number of aryl methyl sites for hydroxylation is 1. The van der Waals surface area contributed by atoms with Crippen LogP contribution in [0.5, 0.6) is 5.75 Å². The fourth-order valence-corrected chi connectivity index (χ4v) is 4.09. The zero-order valence-electron chi connectivity index (χ0n) is 15.3. The third kappa shape index (κ3) is 3.50. The lowest BCUT2D eigenvalue weighted by Crippen LogP contribution is -2.44. The highest BCUT2D eigenvalue weighted by molar-refractivity contribution is 5.40. The van der Waals surface area contributed by atoms with Crippen LogP contribution in [0.3, 0.4) is 0 Å². The molecule has 2 aromatic carbocycles. The third-order valence-electron chi connectivity index (χ3n) is 5.77. The number of benzene rings is 2. The maximum atomic E-state index is 11.0. The van der Waals surface area contributed by atoms with E-state index in [-0.39, 0.29) is 0 Å². The van der Waals surface area contributed by atoms with Crippen molar-refractivity contribution in [2.24, 2.45) is 0 Å². The predicted octanol–water partition coefficient (Wildman–Crippen LogP) is 2.95. The standard InChI is InChI=1S/C22H27NO3/c1-16-3-2-4-19(13-16)22(25)8-10-23(11-9-22)15-20(24)17-5-6-21-18(14-17)7-12-26-21/h2-6,13-14,20,24-25H,7-12,15H2,1H3/t20-/m0/s1. The molecule has 26 heavy (non-hydrogen) atoms. The Morgan fingerprint density at radius 1 is 1.15 bits per heavy atom. The van der Waals surface area contributed by atoms with Crippen LogP contribution in [-0.2, 0) is 12.0 Å². The van der Waals surface area contributed by atoms with Crippen LogP contribution in [0.15, 0.2) is 42.5 Å². The van der Waals surface area contributed by atoms with Crippen LogP contribution >= 0.6 is 0 Å². The topological polar surface area (TPSA) is 52.9 Å². The van der Waals surface area contributed by atoms with Crippen molar-refractivity contribution in [1.82, 2.24) is 4.90 Å². The second kappa shape index (κ2) is 7.03. The van der Waals surface area contributed by atoms with Crippen molar-refractivity contribution in [3.05, 3.63) is 64.7 Å². The number of aliphatic hydroxyl groups is 2. The molecule has 4 nitrogen and oxygen atoms in total. The van der Waals surface area contributed by atoms with Gasteiger partial charge in [0.2, 0.25) is 0 Å². The largest absolute Gasteiger partial charge is 0.493 e. The van der Waals surface area contributed by atoms with E-state index in [0.717, 1.165) is 43.0 Å². The molecule has 0 spiro atoms. The Kier molecular flexibility index (Phi) is 4.74. The molecule has 0 aliphatic carbocycles. The zero-order chi connectivity index (χ0) is 18.1. The Balaban J connectivity index is 1.37. The van der Waals surface area contributed by atoms with Gasteiger partial charge in [0, 0.05) is 26.1 Å². The minimum absolute atomic E-state index is 0.508. The van der Waals surface area contributed by atoms with Gasteiger partial charge in [0.25, 0.3) is 0 Å². The van der Waals surface area contributed by atoms with Crippen molar-refractivity contribution in [3.8, 4) is 5.75 Å². The normalized spacial score (nSPS) is 20.4. The van der Waals surface area contributed by atoms with E-state index in [1.54, 1.807) is 0 Å². The van der Waals surface area contributed by atoms with Gasteiger partial charge in [-0.25, -0.2) is 0 Å². The number of hydrogen-bond donors (Lipinski definition) is 2. The van der Waals surface area contributed by atoms with Gasteiger partial charge in [0.05, 0.1) is 18.3 Å². The van der Waals surface area contributed by atoms with Crippen LogP contribution in [0, 0.1) is 6.92 Å². The van der Waals surface area contributed by atoms with Gasteiger partial charge in [0.1, 0.15) is 5.75 Å². The number of likely N-dealkylation sites (tertiary alicyclic amines) is 1. The Hall–Kier alpha value is -1.88. The summed E-state index contributed by atoms with van der Waals surface area (Å²) in [5.74, 6) is 0.946. The lowest BCUT2D eigenvalue weighted by atomic mass is 9.84. The van der Waals surface area contributed by atoms with Gasteiger partial charge >= 0.3 is 0 Å². The van der Waals surface area contributed by atoms with Crippen LogP contribution in [0.1, 0.15) is 41.2 Å². The highest BCUT2D eigenvalue weighted by atomic mass is 16.5. The zero-order valence-corrected chi connectivity index (χ0v) is 15.3. The maximum Gasteiger partial charge on any atom is 0.122 e. The number of piperidine rings is 1. The molecule has 4 rings (SSSR count). The summed E-state index contributed by atoms with van der Waals surface area (Å²) in [6.07, 6.45) is 1.80. The van der Waals surface area contributed by atoms with Crippen molar-refractivity contribution < 1.29 is 14.9 Å². The molecular formula is C22H27NO3.